The summed E-state index contributed by atoms with van der Waals surface area (Å²) in [5.41, 5.74) is -0.292. The number of hydrogen-bond donors (Lipinski definition) is 2. The Bertz CT molecular complexity index is 520. The molecule has 2 N–H and O–H groups in total. The Kier molecular flexibility index (Phi) is 6.65. The monoisotopic (exact) mass is 310 g/mol. The van der Waals surface area contributed by atoms with Gasteiger partial charge in [-0.15, -0.1) is 0 Å². The molecule has 0 saturated carbocycles. The van der Waals surface area contributed by atoms with E-state index in [-0.39, 0.29) is 13.0 Å². The Hall–Kier alpha value is -2.28. The van der Waals surface area contributed by atoms with Crippen LogP contribution in [0.5, 0.6) is 5.75 Å². The fraction of sp³-hybridized carbons (Fsp3) is 0.467. The molecular weight excluding hydrogens is 288 g/mol. The molecule has 0 unspecified atom stereocenters. The predicted octanol–water partition coefficient (Wildman–Crippen LogP) is 1.78. The summed E-state index contributed by atoms with van der Waals surface area (Å²) in [6.07, 6.45) is 0.00285. The maximum Gasteiger partial charge on any atom is 0.319 e. The molecule has 122 valence electrons. The zero-order valence-corrected chi connectivity index (χ0v) is 13.3. The molecule has 1 atom stereocenters. The number of rotatable bonds is 7. The van der Waals surface area contributed by atoms with Crippen molar-refractivity contribution in [2.45, 2.75) is 18.9 Å². The summed E-state index contributed by atoms with van der Waals surface area (Å²) in [7, 11) is 4.34. The van der Waals surface area contributed by atoms with E-state index in [9.17, 15) is 9.59 Å². The van der Waals surface area contributed by atoms with Crippen LogP contribution in [0.15, 0.2) is 24.3 Å². The highest BCUT2D eigenvalue weighted by Crippen LogP contribution is 2.17. The number of anilines is 1. The van der Waals surface area contributed by atoms with Crippen LogP contribution in [0.2, 0.25) is 0 Å². The molecular formula is C15H22N2O5. The number of esters is 1. The summed E-state index contributed by atoms with van der Waals surface area (Å²) < 4.78 is 14.8. The lowest BCUT2D eigenvalue weighted by Crippen LogP contribution is -2.52. The molecule has 7 heteroatoms. The predicted molar refractivity (Wildman–Crippen MR) is 82.1 cm³/mol. The van der Waals surface area contributed by atoms with Gasteiger partial charge in [-0.3, -0.25) is 4.79 Å². The molecule has 0 heterocycles. The highest BCUT2D eigenvalue weighted by molar-refractivity contribution is 5.90. The van der Waals surface area contributed by atoms with E-state index in [1.54, 1.807) is 38.3 Å². The summed E-state index contributed by atoms with van der Waals surface area (Å²) in [4.78, 5) is 23.6. The number of methoxy groups -OCH3 is 3. The Morgan fingerprint density at radius 2 is 1.95 bits per heavy atom. The van der Waals surface area contributed by atoms with E-state index in [1.807, 2.05) is 0 Å². The van der Waals surface area contributed by atoms with Crippen molar-refractivity contribution in [1.82, 2.24) is 5.32 Å². The average Bonchev–Trinajstić information content (AvgIpc) is 2.46. The van der Waals surface area contributed by atoms with Crippen LogP contribution in [0.3, 0.4) is 0 Å². The van der Waals surface area contributed by atoms with Crippen molar-refractivity contribution in [2.75, 3.05) is 33.3 Å². The maximum atomic E-state index is 12.1. The van der Waals surface area contributed by atoms with Gasteiger partial charge in [0, 0.05) is 18.9 Å². The largest absolute Gasteiger partial charge is 0.497 e. The molecule has 0 radical (unpaired) electrons. The molecule has 0 aliphatic heterocycles. The van der Waals surface area contributed by atoms with Crippen LogP contribution in [-0.2, 0) is 14.3 Å². The molecule has 0 aliphatic rings. The summed E-state index contributed by atoms with van der Waals surface area (Å²) in [6, 6.07) is 6.51. The van der Waals surface area contributed by atoms with Crippen molar-refractivity contribution < 1.29 is 23.8 Å². The third-order valence-corrected chi connectivity index (χ3v) is 2.97. The fourth-order valence-electron chi connectivity index (χ4n) is 1.98. The van der Waals surface area contributed by atoms with Crippen molar-refractivity contribution in [1.29, 1.82) is 0 Å². The molecule has 1 aromatic rings. The minimum Gasteiger partial charge on any atom is -0.497 e. The first kappa shape index (κ1) is 17.8. The van der Waals surface area contributed by atoms with Gasteiger partial charge in [0.2, 0.25) is 0 Å². The van der Waals surface area contributed by atoms with E-state index >= 15 is 0 Å². The number of carbonyl (C=O) groups excluding carboxylic acids is 2. The summed E-state index contributed by atoms with van der Waals surface area (Å²) in [6.45, 7) is 1.88. The van der Waals surface area contributed by atoms with Gasteiger partial charge in [-0.2, -0.15) is 0 Å². The van der Waals surface area contributed by atoms with Gasteiger partial charge >= 0.3 is 12.0 Å². The van der Waals surface area contributed by atoms with Crippen molar-refractivity contribution in [3.8, 4) is 5.75 Å². The van der Waals surface area contributed by atoms with Crippen LogP contribution in [0.1, 0.15) is 13.3 Å². The molecule has 0 saturated heterocycles. The van der Waals surface area contributed by atoms with Gasteiger partial charge in [0.1, 0.15) is 5.75 Å². The minimum atomic E-state index is -0.870. The molecule has 0 spiro atoms. The lowest BCUT2D eigenvalue weighted by molar-refractivity contribution is -0.142. The van der Waals surface area contributed by atoms with Gasteiger partial charge in [0.25, 0.3) is 0 Å². The van der Waals surface area contributed by atoms with Crippen LogP contribution in [-0.4, -0.2) is 45.5 Å². The Morgan fingerprint density at radius 1 is 1.23 bits per heavy atom. The van der Waals surface area contributed by atoms with Crippen LogP contribution in [0.25, 0.3) is 0 Å². The smallest absolute Gasteiger partial charge is 0.319 e. The van der Waals surface area contributed by atoms with Crippen molar-refractivity contribution >= 4 is 17.7 Å². The number of urea groups is 1. The highest BCUT2D eigenvalue weighted by Gasteiger charge is 2.30. The SMILES string of the molecule is COC[C@](C)(CC(=O)OC)NC(=O)Nc1cccc(OC)c1. The average molecular weight is 310 g/mol. The highest BCUT2D eigenvalue weighted by atomic mass is 16.5. The standard InChI is InChI=1S/C15H22N2O5/c1-15(10-20-2,9-13(18)22-4)17-14(19)16-11-6-5-7-12(8-11)21-3/h5-8H,9-10H2,1-4H3,(H2,16,17,19)/t15-/m0/s1. The topological polar surface area (TPSA) is 85.9 Å². The third kappa shape index (κ3) is 5.61. The van der Waals surface area contributed by atoms with E-state index < -0.39 is 17.5 Å². The number of amides is 2. The summed E-state index contributed by atoms with van der Waals surface area (Å²) >= 11 is 0. The quantitative estimate of drug-likeness (QED) is 0.750. The maximum absolute atomic E-state index is 12.1. The molecule has 22 heavy (non-hydrogen) atoms. The molecule has 0 fully saturated rings. The van der Waals surface area contributed by atoms with Crippen molar-refractivity contribution in [3.63, 3.8) is 0 Å². The van der Waals surface area contributed by atoms with Gasteiger partial charge in [-0.1, -0.05) is 6.07 Å². The summed E-state index contributed by atoms with van der Waals surface area (Å²) in [5, 5.41) is 5.41. The van der Waals surface area contributed by atoms with E-state index in [0.717, 1.165) is 0 Å². The van der Waals surface area contributed by atoms with Gasteiger partial charge < -0.3 is 24.8 Å². The van der Waals surface area contributed by atoms with Crippen LogP contribution in [0, 0.1) is 0 Å². The Labute approximate surface area is 129 Å². The number of hydrogen-bond acceptors (Lipinski definition) is 5. The van der Waals surface area contributed by atoms with Crippen LogP contribution < -0.4 is 15.4 Å². The minimum absolute atomic E-state index is 0.00285. The van der Waals surface area contributed by atoms with E-state index in [4.69, 9.17) is 9.47 Å². The van der Waals surface area contributed by atoms with Gasteiger partial charge in [-0.25, -0.2) is 4.79 Å². The normalized spacial score (nSPS) is 12.9. The van der Waals surface area contributed by atoms with Gasteiger partial charge in [0.15, 0.2) is 0 Å². The van der Waals surface area contributed by atoms with E-state index in [0.29, 0.717) is 11.4 Å². The third-order valence-electron chi connectivity index (χ3n) is 2.97. The van der Waals surface area contributed by atoms with Crippen molar-refractivity contribution in [2.24, 2.45) is 0 Å². The van der Waals surface area contributed by atoms with Gasteiger partial charge in [-0.05, 0) is 19.1 Å². The zero-order valence-electron chi connectivity index (χ0n) is 13.3. The van der Waals surface area contributed by atoms with E-state index in [1.165, 1.54) is 14.2 Å². The Balaban J connectivity index is 2.71. The van der Waals surface area contributed by atoms with Gasteiger partial charge in [0.05, 0.1) is 32.8 Å². The molecule has 1 rings (SSSR count). The number of benzene rings is 1. The zero-order chi connectivity index (χ0) is 16.6. The second kappa shape index (κ2) is 8.23. The fourth-order valence-corrected chi connectivity index (χ4v) is 1.98. The second-order valence-corrected chi connectivity index (χ2v) is 5.06. The number of nitrogens with one attached hydrogen (secondary N) is 2. The molecule has 1 aromatic carbocycles. The second-order valence-electron chi connectivity index (χ2n) is 5.06. The van der Waals surface area contributed by atoms with E-state index in [2.05, 4.69) is 15.4 Å². The molecule has 0 bridgehead atoms. The first-order chi connectivity index (χ1) is 10.4. The lowest BCUT2D eigenvalue weighted by atomic mass is 9.99. The first-order valence-corrected chi connectivity index (χ1v) is 6.71. The Morgan fingerprint density at radius 3 is 2.55 bits per heavy atom. The van der Waals surface area contributed by atoms with Crippen molar-refractivity contribution in [3.05, 3.63) is 24.3 Å². The molecule has 7 nitrogen and oxygen atoms in total. The van der Waals surface area contributed by atoms with Crippen LogP contribution in [0.4, 0.5) is 10.5 Å². The summed E-state index contributed by atoms with van der Waals surface area (Å²) in [5.74, 6) is 0.202. The number of ether oxygens (including phenoxy) is 3. The molecule has 0 aromatic heterocycles. The van der Waals surface area contributed by atoms with Crippen LogP contribution >= 0.6 is 0 Å². The lowest BCUT2D eigenvalue weighted by Gasteiger charge is -2.29. The molecule has 0 aliphatic carbocycles. The molecule has 2 amide bonds. The number of carbonyl (C=O) groups is 2. The first-order valence-electron chi connectivity index (χ1n) is 6.71.